The Morgan fingerprint density at radius 2 is 2.07 bits per heavy atom. The lowest BCUT2D eigenvalue weighted by molar-refractivity contribution is -0.147. The predicted octanol–water partition coefficient (Wildman–Crippen LogP) is -0.0825. The van der Waals surface area contributed by atoms with Gasteiger partial charge in [0.25, 0.3) is 5.91 Å². The Morgan fingerprint density at radius 3 is 2.43 bits per heavy atom. The van der Waals surface area contributed by atoms with Crippen molar-refractivity contribution in [2.24, 2.45) is 0 Å². The van der Waals surface area contributed by atoms with Crippen LogP contribution in [0.25, 0.3) is 0 Å². The topological polar surface area (TPSA) is 69.6 Å². The van der Waals surface area contributed by atoms with Crippen LogP contribution in [0.3, 0.4) is 0 Å². The van der Waals surface area contributed by atoms with Crippen LogP contribution in [0.1, 0.15) is 19.8 Å². The SMILES string of the molecule is CCCCN(C)C(=O)C(NC)C(=O)O. The number of amides is 1. The molecule has 5 heteroatoms. The molecule has 1 unspecified atom stereocenters. The Hall–Kier alpha value is -1.10. The molecule has 5 nitrogen and oxygen atoms in total. The second-order valence-corrected chi connectivity index (χ2v) is 3.17. The summed E-state index contributed by atoms with van der Waals surface area (Å²) in [4.78, 5) is 23.6. The van der Waals surface area contributed by atoms with Crippen molar-refractivity contribution in [1.82, 2.24) is 10.2 Å². The first-order valence-corrected chi connectivity index (χ1v) is 4.69. The number of unbranched alkanes of at least 4 members (excludes halogenated alkanes) is 1. The lowest BCUT2D eigenvalue weighted by Gasteiger charge is -2.20. The molecule has 0 aliphatic carbocycles. The molecule has 0 aliphatic rings. The van der Waals surface area contributed by atoms with Crippen LogP contribution in [0.2, 0.25) is 0 Å². The summed E-state index contributed by atoms with van der Waals surface area (Å²) in [6.07, 6.45) is 1.87. The van der Waals surface area contributed by atoms with Gasteiger partial charge in [0.1, 0.15) is 0 Å². The fraction of sp³-hybridized carbons (Fsp3) is 0.778. The molecular weight excluding hydrogens is 184 g/mol. The summed E-state index contributed by atoms with van der Waals surface area (Å²) >= 11 is 0. The van der Waals surface area contributed by atoms with E-state index in [4.69, 9.17) is 5.11 Å². The summed E-state index contributed by atoms with van der Waals surface area (Å²) in [6.45, 7) is 2.62. The monoisotopic (exact) mass is 202 g/mol. The van der Waals surface area contributed by atoms with Crippen LogP contribution in [0.15, 0.2) is 0 Å². The highest BCUT2D eigenvalue weighted by atomic mass is 16.4. The number of rotatable bonds is 6. The van der Waals surface area contributed by atoms with Gasteiger partial charge in [0, 0.05) is 13.6 Å². The second kappa shape index (κ2) is 6.37. The average Bonchev–Trinajstić information content (AvgIpc) is 2.14. The van der Waals surface area contributed by atoms with Crippen molar-refractivity contribution in [2.75, 3.05) is 20.6 Å². The van der Waals surface area contributed by atoms with E-state index in [-0.39, 0.29) is 0 Å². The van der Waals surface area contributed by atoms with Gasteiger partial charge >= 0.3 is 5.97 Å². The molecule has 0 fully saturated rings. The molecule has 0 saturated heterocycles. The highest BCUT2D eigenvalue weighted by Crippen LogP contribution is 1.96. The normalized spacial score (nSPS) is 12.2. The first-order chi connectivity index (χ1) is 6.54. The summed E-state index contributed by atoms with van der Waals surface area (Å²) < 4.78 is 0. The largest absolute Gasteiger partial charge is 0.480 e. The fourth-order valence-corrected chi connectivity index (χ4v) is 1.08. The minimum atomic E-state index is -1.14. The number of carbonyl (C=O) groups excluding carboxylic acids is 1. The zero-order chi connectivity index (χ0) is 11.1. The van der Waals surface area contributed by atoms with Crippen molar-refractivity contribution in [3.05, 3.63) is 0 Å². The van der Waals surface area contributed by atoms with E-state index in [1.54, 1.807) is 7.05 Å². The molecule has 0 aliphatic heterocycles. The third-order valence-electron chi connectivity index (χ3n) is 2.01. The molecule has 0 heterocycles. The first-order valence-electron chi connectivity index (χ1n) is 4.69. The van der Waals surface area contributed by atoms with Gasteiger partial charge in [0.2, 0.25) is 0 Å². The van der Waals surface area contributed by atoms with Gasteiger partial charge in [-0.2, -0.15) is 0 Å². The zero-order valence-electron chi connectivity index (χ0n) is 8.91. The van der Waals surface area contributed by atoms with E-state index < -0.39 is 17.9 Å². The number of nitrogens with zero attached hydrogens (tertiary/aromatic N) is 1. The minimum Gasteiger partial charge on any atom is -0.480 e. The van der Waals surface area contributed by atoms with Crippen LogP contribution >= 0.6 is 0 Å². The van der Waals surface area contributed by atoms with E-state index >= 15 is 0 Å². The van der Waals surface area contributed by atoms with Crippen LogP contribution in [-0.4, -0.2) is 48.6 Å². The number of carboxylic acid groups (broad SMARTS) is 1. The molecule has 14 heavy (non-hydrogen) atoms. The van der Waals surface area contributed by atoms with Gasteiger partial charge in [-0.3, -0.25) is 10.1 Å². The summed E-state index contributed by atoms with van der Waals surface area (Å²) in [6, 6.07) is -1.13. The van der Waals surface area contributed by atoms with Crippen molar-refractivity contribution >= 4 is 11.9 Å². The quantitative estimate of drug-likeness (QED) is 0.591. The summed E-state index contributed by atoms with van der Waals surface area (Å²) in [5.74, 6) is -1.53. The Balaban J connectivity index is 4.20. The molecule has 0 saturated carbocycles. The van der Waals surface area contributed by atoms with Crippen molar-refractivity contribution in [3.63, 3.8) is 0 Å². The molecule has 2 N–H and O–H groups in total. The van der Waals surface area contributed by atoms with Gasteiger partial charge in [0.15, 0.2) is 6.04 Å². The lowest BCUT2D eigenvalue weighted by atomic mass is 10.2. The molecule has 1 atom stereocenters. The van der Waals surface area contributed by atoms with Crippen molar-refractivity contribution in [1.29, 1.82) is 0 Å². The summed E-state index contributed by atoms with van der Waals surface area (Å²) in [5, 5.41) is 11.2. The standard InChI is InChI=1S/C9H18N2O3/c1-4-5-6-11(3)8(12)7(10-2)9(13)14/h7,10H,4-6H2,1-3H3,(H,13,14). The summed E-state index contributed by atoms with van der Waals surface area (Å²) in [5.41, 5.74) is 0. The maximum absolute atomic E-state index is 11.5. The number of hydrogen-bond acceptors (Lipinski definition) is 3. The Morgan fingerprint density at radius 1 is 1.50 bits per heavy atom. The van der Waals surface area contributed by atoms with Crippen LogP contribution < -0.4 is 5.32 Å². The molecule has 0 rings (SSSR count). The maximum atomic E-state index is 11.5. The number of likely N-dealkylation sites (N-methyl/N-ethyl adjacent to an activating group) is 2. The molecule has 0 spiro atoms. The average molecular weight is 202 g/mol. The van der Waals surface area contributed by atoms with E-state index in [1.165, 1.54) is 11.9 Å². The molecule has 0 bridgehead atoms. The number of aliphatic carboxylic acids is 1. The second-order valence-electron chi connectivity index (χ2n) is 3.17. The van der Waals surface area contributed by atoms with Gasteiger partial charge in [-0.1, -0.05) is 13.3 Å². The minimum absolute atomic E-state index is 0.395. The highest BCUT2D eigenvalue weighted by Gasteiger charge is 2.26. The van der Waals surface area contributed by atoms with E-state index in [2.05, 4.69) is 5.32 Å². The van der Waals surface area contributed by atoms with Crippen LogP contribution in [0.4, 0.5) is 0 Å². The predicted molar refractivity (Wildman–Crippen MR) is 53.0 cm³/mol. The van der Waals surface area contributed by atoms with E-state index in [1.807, 2.05) is 6.92 Å². The first kappa shape index (κ1) is 12.9. The summed E-state index contributed by atoms with van der Waals surface area (Å²) in [7, 11) is 3.08. The van der Waals surface area contributed by atoms with E-state index in [0.717, 1.165) is 12.8 Å². The maximum Gasteiger partial charge on any atom is 0.330 e. The molecule has 0 radical (unpaired) electrons. The molecule has 82 valence electrons. The Bertz CT molecular complexity index is 206. The lowest BCUT2D eigenvalue weighted by Crippen LogP contribution is -2.48. The highest BCUT2D eigenvalue weighted by molar-refractivity contribution is 6.00. The number of nitrogens with one attached hydrogen (secondary N) is 1. The van der Waals surface area contributed by atoms with Gasteiger partial charge < -0.3 is 10.0 Å². The molecule has 0 aromatic heterocycles. The van der Waals surface area contributed by atoms with Crippen LogP contribution in [-0.2, 0) is 9.59 Å². The van der Waals surface area contributed by atoms with Crippen LogP contribution in [0, 0.1) is 0 Å². The molecular formula is C9H18N2O3. The van der Waals surface area contributed by atoms with Gasteiger partial charge in [-0.15, -0.1) is 0 Å². The van der Waals surface area contributed by atoms with Gasteiger partial charge in [-0.05, 0) is 13.5 Å². The number of carbonyl (C=O) groups is 2. The third kappa shape index (κ3) is 3.74. The van der Waals surface area contributed by atoms with Gasteiger partial charge in [0.05, 0.1) is 0 Å². The van der Waals surface area contributed by atoms with E-state index in [9.17, 15) is 9.59 Å². The number of hydrogen-bond donors (Lipinski definition) is 2. The molecule has 1 amide bonds. The van der Waals surface area contributed by atoms with Crippen molar-refractivity contribution < 1.29 is 14.7 Å². The Labute approximate surface area is 84.1 Å². The smallest absolute Gasteiger partial charge is 0.330 e. The van der Waals surface area contributed by atoms with Crippen molar-refractivity contribution in [3.8, 4) is 0 Å². The molecule has 0 aromatic rings. The Kier molecular flexibility index (Phi) is 5.87. The zero-order valence-corrected chi connectivity index (χ0v) is 8.91. The van der Waals surface area contributed by atoms with Crippen molar-refractivity contribution in [2.45, 2.75) is 25.8 Å². The third-order valence-corrected chi connectivity index (χ3v) is 2.01. The van der Waals surface area contributed by atoms with Crippen LogP contribution in [0.5, 0.6) is 0 Å². The van der Waals surface area contributed by atoms with Gasteiger partial charge in [-0.25, -0.2) is 4.79 Å². The number of carboxylic acids is 1. The van der Waals surface area contributed by atoms with E-state index in [0.29, 0.717) is 6.54 Å². The fourth-order valence-electron chi connectivity index (χ4n) is 1.08. The molecule has 0 aromatic carbocycles.